The van der Waals surface area contributed by atoms with E-state index in [9.17, 15) is 0 Å². The van der Waals surface area contributed by atoms with Gasteiger partial charge < -0.3 is 9.88 Å². The van der Waals surface area contributed by atoms with Gasteiger partial charge >= 0.3 is 17.1 Å². The first-order valence-electron chi connectivity index (χ1n) is 8.95. The molecule has 2 heterocycles. The number of anilines is 1. The van der Waals surface area contributed by atoms with Crippen LogP contribution in [0.2, 0.25) is 0 Å². The van der Waals surface area contributed by atoms with Crippen LogP contribution in [0, 0.1) is 34.6 Å². The van der Waals surface area contributed by atoms with Crippen molar-refractivity contribution in [1.29, 1.82) is 0 Å². The number of fused-ring (bicyclic) bond motifs is 1. The molecule has 0 bridgehead atoms. The van der Waals surface area contributed by atoms with Crippen LogP contribution in [0.5, 0.6) is 0 Å². The van der Waals surface area contributed by atoms with E-state index in [1.54, 1.807) is 0 Å². The number of aromatic nitrogens is 1. The molecule has 134 valence electrons. The maximum Gasteiger partial charge on any atom is 2.00 e. The topological polar surface area (TPSA) is 17.3 Å². The van der Waals surface area contributed by atoms with E-state index in [-0.39, 0.29) is 17.1 Å². The van der Waals surface area contributed by atoms with Crippen molar-refractivity contribution in [2.24, 2.45) is 0 Å². The Morgan fingerprint density at radius 1 is 0.920 bits per heavy atom. The Morgan fingerprint density at radius 2 is 1.52 bits per heavy atom. The van der Waals surface area contributed by atoms with Gasteiger partial charge in [-0.1, -0.05) is 58.9 Å². The molecule has 2 nitrogen and oxygen atoms in total. The van der Waals surface area contributed by atoms with Crippen LogP contribution in [0.3, 0.4) is 0 Å². The Kier molecular flexibility index (Phi) is 6.48. The summed E-state index contributed by atoms with van der Waals surface area (Å²) in [6.07, 6.45) is 4.56. The molecule has 3 heteroatoms. The number of pyridine rings is 1. The number of hydrogen-bond donors (Lipinski definition) is 0. The average molecular weight is 376 g/mol. The second kappa shape index (κ2) is 8.21. The van der Waals surface area contributed by atoms with E-state index in [1.165, 1.54) is 65.0 Å². The summed E-state index contributed by atoms with van der Waals surface area (Å²) in [6, 6.07) is 8.45. The quantitative estimate of drug-likeness (QED) is 0.424. The van der Waals surface area contributed by atoms with Gasteiger partial charge in [-0.05, 0) is 18.4 Å². The van der Waals surface area contributed by atoms with E-state index >= 15 is 0 Å². The van der Waals surface area contributed by atoms with Gasteiger partial charge in [0, 0.05) is 18.8 Å². The van der Waals surface area contributed by atoms with Crippen LogP contribution in [-0.2, 0) is 17.1 Å². The zero-order chi connectivity index (χ0) is 17.3. The van der Waals surface area contributed by atoms with Gasteiger partial charge in [-0.15, -0.1) is 5.69 Å². The standard InChI is InChI=1S/C12H13N2.C10H15.Fe/c1-2-9-14(8-1)12-6-7-13-11-5-3-4-10(11)12;1-6-7(2)9(4)10(5)8(6)3;/h3-7H,1-2,8-9H2;1-5H3;/q2*-1;+2. The molecular weight excluding hydrogens is 348 g/mol. The molecule has 2 aliphatic heterocycles. The molecule has 0 N–H and O–H groups in total. The summed E-state index contributed by atoms with van der Waals surface area (Å²) in [4.78, 5) is 6.81. The predicted molar refractivity (Wildman–Crippen MR) is 104 cm³/mol. The third-order valence-electron chi connectivity index (χ3n) is 5.77. The van der Waals surface area contributed by atoms with Gasteiger partial charge in [0.1, 0.15) is 0 Å². The van der Waals surface area contributed by atoms with E-state index < -0.39 is 0 Å². The maximum absolute atomic E-state index is 4.35. The number of nitrogens with zero attached hydrogens (tertiary/aromatic N) is 2. The second-order valence-corrected chi connectivity index (χ2v) is 6.97. The number of hydrogen-bond acceptors (Lipinski definition) is 1. The van der Waals surface area contributed by atoms with Crippen molar-refractivity contribution < 1.29 is 17.1 Å². The average Bonchev–Trinajstić information content (AvgIpc) is 3.32. The van der Waals surface area contributed by atoms with Gasteiger partial charge in [0.05, 0.1) is 0 Å². The van der Waals surface area contributed by atoms with Crippen LogP contribution in [0.25, 0.3) is 11.3 Å². The van der Waals surface area contributed by atoms with Crippen LogP contribution in [0.1, 0.15) is 40.7 Å². The molecule has 0 spiro atoms. The van der Waals surface area contributed by atoms with Crippen LogP contribution >= 0.6 is 0 Å². The van der Waals surface area contributed by atoms with Crippen molar-refractivity contribution in [3.63, 3.8) is 0 Å². The van der Waals surface area contributed by atoms with E-state index in [0.717, 1.165) is 5.69 Å². The van der Waals surface area contributed by atoms with Gasteiger partial charge in [0.2, 0.25) is 0 Å². The summed E-state index contributed by atoms with van der Waals surface area (Å²) in [7, 11) is 0. The largest absolute Gasteiger partial charge is 2.00 e. The smallest absolute Gasteiger partial charge is 0.663 e. The van der Waals surface area contributed by atoms with Crippen molar-refractivity contribution in [1.82, 2.24) is 4.98 Å². The summed E-state index contributed by atoms with van der Waals surface area (Å²) in [6.45, 7) is 13.4. The minimum atomic E-state index is 0. The van der Waals surface area contributed by atoms with Crippen molar-refractivity contribution in [3.05, 3.63) is 58.3 Å². The van der Waals surface area contributed by atoms with Crippen molar-refractivity contribution in [3.8, 4) is 11.3 Å². The minimum Gasteiger partial charge on any atom is -0.663 e. The Labute approximate surface area is 162 Å². The summed E-state index contributed by atoms with van der Waals surface area (Å²) < 4.78 is 0. The third-order valence-corrected chi connectivity index (χ3v) is 5.77. The molecule has 1 aromatic rings. The Morgan fingerprint density at radius 3 is 2.04 bits per heavy atom. The first-order valence-corrected chi connectivity index (χ1v) is 8.95. The number of rotatable bonds is 1. The summed E-state index contributed by atoms with van der Waals surface area (Å²) >= 11 is 0. The van der Waals surface area contributed by atoms with E-state index in [0.29, 0.717) is 0 Å². The fourth-order valence-corrected chi connectivity index (χ4v) is 3.66. The Balaban J connectivity index is 0.000000184. The Hall–Kier alpha value is -1.57. The molecule has 4 rings (SSSR count). The molecule has 0 radical (unpaired) electrons. The summed E-state index contributed by atoms with van der Waals surface area (Å²) in [5.74, 6) is 0. The second-order valence-electron chi connectivity index (χ2n) is 6.97. The molecule has 0 unspecified atom stereocenters. The molecule has 0 aromatic heterocycles. The molecule has 3 aliphatic rings. The van der Waals surface area contributed by atoms with Gasteiger partial charge in [-0.25, -0.2) is 0 Å². The molecule has 25 heavy (non-hydrogen) atoms. The fourth-order valence-electron chi connectivity index (χ4n) is 3.66. The molecule has 1 aromatic carbocycles. The van der Waals surface area contributed by atoms with Gasteiger partial charge in [0.15, 0.2) is 0 Å². The van der Waals surface area contributed by atoms with Gasteiger partial charge in [-0.3, -0.25) is 0 Å². The molecular formula is C22H28FeN2. The predicted octanol–water partition coefficient (Wildman–Crippen LogP) is 5.29. The van der Waals surface area contributed by atoms with Crippen molar-refractivity contribution >= 4 is 5.69 Å². The van der Waals surface area contributed by atoms with E-state index in [2.05, 4.69) is 68.8 Å². The molecule has 1 aliphatic carbocycles. The first kappa shape index (κ1) is 19.8. The first-order chi connectivity index (χ1) is 11.5. The van der Waals surface area contributed by atoms with Crippen LogP contribution in [0.15, 0.2) is 30.5 Å². The Bertz CT molecular complexity index is 710. The van der Waals surface area contributed by atoms with Gasteiger partial charge in [-0.2, -0.15) is 34.0 Å². The summed E-state index contributed by atoms with van der Waals surface area (Å²) in [5.41, 5.74) is 11.1. The van der Waals surface area contributed by atoms with Gasteiger partial charge in [0.25, 0.3) is 0 Å². The van der Waals surface area contributed by atoms with Crippen LogP contribution in [0.4, 0.5) is 5.69 Å². The zero-order valence-electron chi connectivity index (χ0n) is 16.0. The van der Waals surface area contributed by atoms with Crippen LogP contribution < -0.4 is 9.88 Å². The normalized spacial score (nSPS) is 13.6. The minimum absolute atomic E-state index is 0. The molecule has 1 fully saturated rings. The molecule has 0 saturated carbocycles. The maximum atomic E-state index is 4.35. The van der Waals surface area contributed by atoms with Crippen molar-refractivity contribution in [2.45, 2.75) is 47.5 Å². The zero-order valence-corrected chi connectivity index (χ0v) is 17.1. The molecule has 0 amide bonds. The molecule has 1 saturated heterocycles. The van der Waals surface area contributed by atoms with Crippen LogP contribution in [-0.4, -0.2) is 13.1 Å². The summed E-state index contributed by atoms with van der Waals surface area (Å²) in [5, 5.41) is 0. The van der Waals surface area contributed by atoms with Crippen molar-refractivity contribution in [2.75, 3.05) is 18.0 Å². The van der Waals surface area contributed by atoms with E-state index in [1.807, 2.05) is 6.20 Å². The third kappa shape index (κ3) is 3.83. The van der Waals surface area contributed by atoms with E-state index in [4.69, 9.17) is 0 Å². The monoisotopic (exact) mass is 376 g/mol. The molecule has 0 atom stereocenters. The fraction of sp³-hybridized carbons (Fsp3) is 0.409. The SMILES string of the molecule is Cc1c(C)c(C)[c-](C)c1C.[Fe+2].c1cc2[n-]ccc(N3CCCC3)c-2c1.